The molecule has 0 aromatic carbocycles. The van der Waals surface area contributed by atoms with E-state index in [0.717, 1.165) is 25.7 Å². The Bertz CT molecular complexity index is 209. The van der Waals surface area contributed by atoms with Crippen LogP contribution in [0.3, 0.4) is 0 Å². The predicted molar refractivity (Wildman–Crippen MR) is 50.0 cm³/mol. The van der Waals surface area contributed by atoms with Gasteiger partial charge in [0.05, 0.1) is 0 Å². The average Bonchev–Trinajstić information content (AvgIpc) is 2.02. The average molecular weight is 189 g/mol. The molecule has 0 saturated heterocycles. The number of rotatable bonds is 3. The monoisotopic (exact) mass is 189 g/mol. The summed E-state index contributed by atoms with van der Waals surface area (Å²) in [5, 5.41) is 0. The first-order valence-electron chi connectivity index (χ1n) is 4.33. The van der Waals surface area contributed by atoms with Gasteiger partial charge in [-0.05, 0) is 31.6 Å². The molecule has 2 atom stereocenters. The molecule has 0 aromatic rings. The second-order valence-corrected chi connectivity index (χ2v) is 5.38. The molecule has 0 spiro atoms. The van der Waals surface area contributed by atoms with Crippen molar-refractivity contribution in [1.82, 2.24) is 0 Å². The Morgan fingerprint density at radius 1 is 1.58 bits per heavy atom. The van der Waals surface area contributed by atoms with Crippen LogP contribution < -0.4 is 5.50 Å². The van der Waals surface area contributed by atoms with Gasteiger partial charge in [-0.25, -0.2) is 0 Å². The van der Waals surface area contributed by atoms with Crippen molar-refractivity contribution in [2.75, 3.05) is 6.16 Å². The highest BCUT2D eigenvalue weighted by atomic mass is 31.2. The first kappa shape index (κ1) is 9.97. The molecule has 0 aliphatic heterocycles. The van der Waals surface area contributed by atoms with Gasteiger partial charge >= 0.3 is 0 Å². The van der Waals surface area contributed by atoms with Gasteiger partial charge in [0.15, 0.2) is 0 Å². The second-order valence-electron chi connectivity index (χ2n) is 3.42. The summed E-state index contributed by atoms with van der Waals surface area (Å²) >= 11 is 0. The lowest BCUT2D eigenvalue weighted by Gasteiger charge is -2.17. The van der Waals surface area contributed by atoms with E-state index < -0.39 is 7.52 Å². The smallest absolute Gasteiger partial charge is 0.264 e. The third kappa shape index (κ3) is 4.05. The first-order chi connectivity index (χ1) is 5.58. The number of hydrogen-bond donors (Lipinski definition) is 2. The van der Waals surface area contributed by atoms with E-state index in [0.29, 0.717) is 5.92 Å². The van der Waals surface area contributed by atoms with Gasteiger partial charge in [-0.1, -0.05) is 12.2 Å². The second kappa shape index (κ2) is 4.22. The van der Waals surface area contributed by atoms with Gasteiger partial charge < -0.3 is 4.89 Å². The first-order valence-corrected chi connectivity index (χ1v) is 6.25. The van der Waals surface area contributed by atoms with E-state index in [1.54, 1.807) is 0 Å². The van der Waals surface area contributed by atoms with Gasteiger partial charge in [0, 0.05) is 6.16 Å². The number of hydrogen-bond acceptors (Lipinski definition) is 1. The van der Waals surface area contributed by atoms with Crippen LogP contribution >= 0.6 is 7.52 Å². The molecule has 3 nitrogen and oxygen atoms in total. The molecule has 3 N–H and O–H groups in total. The standard InChI is InChI=1S/C8H16NO2P/c9-12(10,11)7-6-8-4-2-1-3-5-8/h1-2,8H,3-7H2,(H3,9,10,11). The SMILES string of the molecule is NP(=O)(O)CCC1CC=CCC1. The zero-order chi connectivity index (χ0) is 9.03. The molecule has 1 aliphatic carbocycles. The van der Waals surface area contributed by atoms with Crippen LogP contribution in [0.25, 0.3) is 0 Å². The van der Waals surface area contributed by atoms with Gasteiger partial charge in [-0.2, -0.15) is 0 Å². The fourth-order valence-electron chi connectivity index (χ4n) is 1.49. The van der Waals surface area contributed by atoms with Crippen LogP contribution in [0.1, 0.15) is 25.7 Å². The third-order valence-electron chi connectivity index (χ3n) is 2.24. The van der Waals surface area contributed by atoms with Gasteiger partial charge in [0.25, 0.3) is 7.52 Å². The Balaban J connectivity index is 2.23. The maximum Gasteiger partial charge on any atom is 0.264 e. The Morgan fingerprint density at radius 3 is 2.83 bits per heavy atom. The summed E-state index contributed by atoms with van der Waals surface area (Å²) in [6.45, 7) is 0. The molecular formula is C8H16NO2P. The Labute approximate surface area is 73.2 Å². The largest absolute Gasteiger partial charge is 0.333 e. The summed E-state index contributed by atoms with van der Waals surface area (Å²) in [6.07, 6.45) is 8.64. The van der Waals surface area contributed by atoms with Crippen LogP contribution in [0.2, 0.25) is 0 Å². The van der Waals surface area contributed by atoms with E-state index >= 15 is 0 Å². The summed E-state index contributed by atoms with van der Waals surface area (Å²) in [5.41, 5.74) is 5.05. The van der Waals surface area contributed by atoms with Crippen LogP contribution in [-0.2, 0) is 4.57 Å². The van der Waals surface area contributed by atoms with Crippen molar-refractivity contribution in [3.8, 4) is 0 Å². The molecule has 0 radical (unpaired) electrons. The maximum absolute atomic E-state index is 10.8. The molecule has 0 bridgehead atoms. The van der Waals surface area contributed by atoms with E-state index in [4.69, 9.17) is 10.4 Å². The number of nitrogens with two attached hydrogens (primary N) is 1. The lowest BCUT2D eigenvalue weighted by atomic mass is 9.92. The fourth-order valence-corrected chi connectivity index (χ4v) is 2.22. The molecule has 0 saturated carbocycles. The lowest BCUT2D eigenvalue weighted by Crippen LogP contribution is -2.07. The van der Waals surface area contributed by atoms with Crippen molar-refractivity contribution in [2.45, 2.75) is 25.7 Å². The van der Waals surface area contributed by atoms with Gasteiger partial charge in [-0.15, -0.1) is 0 Å². The van der Waals surface area contributed by atoms with Crippen molar-refractivity contribution in [2.24, 2.45) is 11.4 Å². The molecule has 4 heteroatoms. The normalized spacial score (nSPS) is 28.3. The highest BCUT2D eigenvalue weighted by Gasteiger charge is 2.15. The zero-order valence-electron chi connectivity index (χ0n) is 7.15. The summed E-state index contributed by atoms with van der Waals surface area (Å²) in [7, 11) is -3.26. The molecule has 2 unspecified atom stereocenters. The summed E-state index contributed by atoms with van der Waals surface area (Å²) in [5.74, 6) is 0.569. The van der Waals surface area contributed by atoms with Crippen molar-refractivity contribution < 1.29 is 9.46 Å². The summed E-state index contributed by atoms with van der Waals surface area (Å²) in [4.78, 5) is 8.86. The van der Waals surface area contributed by atoms with E-state index in [9.17, 15) is 4.57 Å². The van der Waals surface area contributed by atoms with Gasteiger partial charge in [-0.3, -0.25) is 10.1 Å². The minimum absolute atomic E-state index is 0.269. The van der Waals surface area contributed by atoms with Gasteiger partial charge in [0.1, 0.15) is 0 Å². The van der Waals surface area contributed by atoms with Crippen LogP contribution in [0.4, 0.5) is 0 Å². The van der Waals surface area contributed by atoms with Crippen LogP contribution in [-0.4, -0.2) is 11.1 Å². The molecule has 1 aliphatic rings. The molecule has 0 aromatic heterocycles. The minimum Gasteiger partial charge on any atom is -0.333 e. The Kier molecular flexibility index (Phi) is 3.51. The third-order valence-corrected chi connectivity index (χ3v) is 3.13. The molecular weight excluding hydrogens is 173 g/mol. The fraction of sp³-hybridized carbons (Fsp3) is 0.750. The molecule has 0 heterocycles. The Morgan fingerprint density at radius 2 is 2.33 bits per heavy atom. The maximum atomic E-state index is 10.8. The lowest BCUT2D eigenvalue weighted by molar-refractivity contribution is 0.439. The molecule has 0 amide bonds. The molecule has 70 valence electrons. The minimum atomic E-state index is -3.26. The van der Waals surface area contributed by atoms with Crippen LogP contribution in [0.15, 0.2) is 12.2 Å². The highest BCUT2D eigenvalue weighted by Crippen LogP contribution is 2.34. The van der Waals surface area contributed by atoms with Crippen LogP contribution in [0.5, 0.6) is 0 Å². The molecule has 12 heavy (non-hydrogen) atoms. The van der Waals surface area contributed by atoms with Crippen molar-refractivity contribution in [3.63, 3.8) is 0 Å². The summed E-state index contributed by atoms with van der Waals surface area (Å²) < 4.78 is 10.8. The molecule has 0 fully saturated rings. The van der Waals surface area contributed by atoms with E-state index in [2.05, 4.69) is 12.2 Å². The summed E-state index contributed by atoms with van der Waals surface area (Å²) in [6, 6.07) is 0. The van der Waals surface area contributed by atoms with E-state index in [-0.39, 0.29) is 6.16 Å². The van der Waals surface area contributed by atoms with Crippen molar-refractivity contribution in [1.29, 1.82) is 0 Å². The molecule has 1 rings (SSSR count). The van der Waals surface area contributed by atoms with Gasteiger partial charge in [0.2, 0.25) is 0 Å². The highest BCUT2D eigenvalue weighted by molar-refractivity contribution is 7.55. The quantitative estimate of drug-likeness (QED) is 0.526. The number of allylic oxidation sites excluding steroid dienone is 2. The van der Waals surface area contributed by atoms with Crippen molar-refractivity contribution >= 4 is 7.52 Å². The topological polar surface area (TPSA) is 63.3 Å². The van der Waals surface area contributed by atoms with E-state index in [1.807, 2.05) is 0 Å². The zero-order valence-corrected chi connectivity index (χ0v) is 8.04. The Hall–Kier alpha value is -0.110. The van der Waals surface area contributed by atoms with E-state index in [1.165, 1.54) is 0 Å². The van der Waals surface area contributed by atoms with Crippen LogP contribution in [0, 0.1) is 5.92 Å². The predicted octanol–water partition coefficient (Wildman–Crippen LogP) is 1.88. The van der Waals surface area contributed by atoms with Crippen molar-refractivity contribution in [3.05, 3.63) is 12.2 Å².